The Kier molecular flexibility index (Phi) is 7.98. The van der Waals surface area contributed by atoms with E-state index in [0.717, 1.165) is 28.8 Å². The summed E-state index contributed by atoms with van der Waals surface area (Å²) in [4.78, 5) is 40.9. The minimum Gasteiger partial charge on any atom is -0.481 e. The molecule has 0 aromatic heterocycles. The number of fused-ring (bicyclic) bond motifs is 3. The van der Waals surface area contributed by atoms with Crippen molar-refractivity contribution in [3.8, 4) is 11.1 Å². The molecule has 1 saturated heterocycles. The topological polar surface area (TPSA) is 108 Å². The first-order valence-corrected chi connectivity index (χ1v) is 14.8. The lowest BCUT2D eigenvalue weighted by Gasteiger charge is -2.41. The van der Waals surface area contributed by atoms with Gasteiger partial charge in [0.25, 0.3) is 0 Å². The van der Waals surface area contributed by atoms with Gasteiger partial charge in [-0.05, 0) is 59.9 Å². The molecule has 218 valence electrons. The summed E-state index contributed by atoms with van der Waals surface area (Å²) in [6.07, 6.45) is 1.82. The van der Waals surface area contributed by atoms with Gasteiger partial charge in [0.15, 0.2) is 0 Å². The first-order valence-electron chi connectivity index (χ1n) is 14.8. The minimum absolute atomic E-state index is 0.0768. The maximum atomic E-state index is 13.8. The van der Waals surface area contributed by atoms with Crippen molar-refractivity contribution in [2.45, 2.75) is 56.1 Å². The molecule has 3 aromatic rings. The molecule has 1 aliphatic heterocycles. The van der Waals surface area contributed by atoms with Crippen molar-refractivity contribution in [1.29, 1.82) is 0 Å². The largest absolute Gasteiger partial charge is 0.481 e. The first-order chi connectivity index (χ1) is 20.4. The molecule has 3 aromatic carbocycles. The summed E-state index contributed by atoms with van der Waals surface area (Å²) in [5.74, 6) is -1.61. The number of carbonyl (C=O) groups is 3. The number of carboxylic acids is 1. The normalized spacial score (nSPS) is 21.2. The van der Waals surface area contributed by atoms with Crippen LogP contribution >= 0.6 is 0 Å². The van der Waals surface area contributed by atoms with Crippen molar-refractivity contribution in [3.05, 3.63) is 95.6 Å². The van der Waals surface area contributed by atoms with Crippen molar-refractivity contribution in [1.82, 2.24) is 15.5 Å². The van der Waals surface area contributed by atoms with E-state index in [9.17, 15) is 19.5 Å². The van der Waals surface area contributed by atoms with Crippen LogP contribution in [0.2, 0.25) is 0 Å². The SMILES string of the molecule is O=C(NC1(C(=O)N[C@@H]2CC[C@H](C(=O)O)C2)CCN(Cc2ccccc2)CC1)OCC1c2ccccc2-c2ccccc21. The van der Waals surface area contributed by atoms with E-state index in [1.54, 1.807) is 0 Å². The van der Waals surface area contributed by atoms with Crippen LogP contribution in [0.5, 0.6) is 0 Å². The molecule has 0 radical (unpaired) electrons. The summed E-state index contributed by atoms with van der Waals surface area (Å²) in [5, 5.41) is 15.5. The quantitative estimate of drug-likeness (QED) is 0.356. The fourth-order valence-electron chi connectivity index (χ4n) is 6.83. The Labute approximate surface area is 246 Å². The molecule has 3 N–H and O–H groups in total. The number of alkyl carbamates (subject to hydrolysis) is 1. The Morgan fingerprint density at radius 1 is 0.857 bits per heavy atom. The Balaban J connectivity index is 1.14. The van der Waals surface area contributed by atoms with Gasteiger partial charge in [0.1, 0.15) is 12.1 Å². The van der Waals surface area contributed by atoms with Gasteiger partial charge in [-0.2, -0.15) is 0 Å². The van der Waals surface area contributed by atoms with E-state index in [2.05, 4.69) is 51.9 Å². The van der Waals surface area contributed by atoms with E-state index in [0.29, 0.717) is 45.2 Å². The first kappa shape index (κ1) is 28.0. The van der Waals surface area contributed by atoms with E-state index in [1.165, 1.54) is 5.56 Å². The van der Waals surface area contributed by atoms with Gasteiger partial charge < -0.3 is 20.5 Å². The molecule has 2 aliphatic carbocycles. The molecule has 42 heavy (non-hydrogen) atoms. The maximum Gasteiger partial charge on any atom is 0.408 e. The summed E-state index contributed by atoms with van der Waals surface area (Å²) >= 11 is 0. The summed E-state index contributed by atoms with van der Waals surface area (Å²) in [7, 11) is 0. The van der Waals surface area contributed by atoms with E-state index < -0.39 is 23.5 Å². The monoisotopic (exact) mass is 567 g/mol. The van der Waals surface area contributed by atoms with Crippen LogP contribution in [-0.4, -0.2) is 59.3 Å². The molecule has 0 bridgehead atoms. The Morgan fingerprint density at radius 3 is 2.10 bits per heavy atom. The summed E-state index contributed by atoms with van der Waals surface area (Å²) in [5.41, 5.74) is 4.63. The molecule has 6 rings (SSSR count). The van der Waals surface area contributed by atoms with Gasteiger partial charge in [-0.25, -0.2) is 4.79 Å². The number of carboxylic acid groups (broad SMARTS) is 1. The van der Waals surface area contributed by atoms with Crippen molar-refractivity contribution in [2.24, 2.45) is 5.92 Å². The minimum atomic E-state index is -1.13. The lowest BCUT2D eigenvalue weighted by atomic mass is 9.86. The zero-order valence-electron chi connectivity index (χ0n) is 23.6. The summed E-state index contributed by atoms with van der Waals surface area (Å²) < 4.78 is 5.84. The van der Waals surface area contributed by atoms with Gasteiger partial charge in [-0.1, -0.05) is 78.9 Å². The molecule has 2 fully saturated rings. The molecule has 8 nitrogen and oxygen atoms in total. The highest BCUT2D eigenvalue weighted by molar-refractivity contribution is 5.90. The molecule has 1 saturated carbocycles. The fourth-order valence-corrected chi connectivity index (χ4v) is 6.83. The van der Waals surface area contributed by atoms with E-state index in [1.807, 2.05) is 42.5 Å². The molecule has 2 atom stereocenters. The number of aliphatic carboxylic acids is 1. The third-order valence-electron chi connectivity index (χ3n) is 9.20. The lowest BCUT2D eigenvalue weighted by Crippen LogP contribution is -2.64. The summed E-state index contributed by atoms with van der Waals surface area (Å²) in [6.45, 7) is 2.20. The molecule has 0 spiro atoms. The molecule has 8 heteroatoms. The number of benzene rings is 3. The second-order valence-electron chi connectivity index (χ2n) is 11.8. The fraction of sp³-hybridized carbons (Fsp3) is 0.382. The highest BCUT2D eigenvalue weighted by Crippen LogP contribution is 2.44. The highest BCUT2D eigenvalue weighted by atomic mass is 16.5. The molecule has 0 unspecified atom stereocenters. The van der Waals surface area contributed by atoms with Gasteiger partial charge in [-0.3, -0.25) is 14.5 Å². The maximum absolute atomic E-state index is 13.8. The number of likely N-dealkylation sites (tertiary alicyclic amines) is 1. The Morgan fingerprint density at radius 2 is 1.48 bits per heavy atom. The average molecular weight is 568 g/mol. The zero-order chi connectivity index (χ0) is 29.1. The molecule has 2 amide bonds. The molecule has 3 aliphatic rings. The number of piperidine rings is 1. The predicted octanol–water partition coefficient (Wildman–Crippen LogP) is 4.93. The zero-order valence-corrected chi connectivity index (χ0v) is 23.6. The van der Waals surface area contributed by atoms with Crippen LogP contribution in [0.25, 0.3) is 11.1 Å². The number of amides is 2. The Bertz CT molecular complexity index is 1400. The van der Waals surface area contributed by atoms with Crippen molar-refractivity contribution in [3.63, 3.8) is 0 Å². The molecule has 1 heterocycles. The van der Waals surface area contributed by atoms with Gasteiger partial charge in [0, 0.05) is 31.6 Å². The van der Waals surface area contributed by atoms with Crippen LogP contribution in [0.4, 0.5) is 4.79 Å². The average Bonchev–Trinajstić information content (AvgIpc) is 3.61. The smallest absolute Gasteiger partial charge is 0.408 e. The van der Waals surface area contributed by atoms with Crippen LogP contribution in [0.15, 0.2) is 78.9 Å². The highest BCUT2D eigenvalue weighted by Gasteiger charge is 2.45. The van der Waals surface area contributed by atoms with Crippen LogP contribution < -0.4 is 10.6 Å². The third-order valence-corrected chi connectivity index (χ3v) is 9.20. The third kappa shape index (κ3) is 5.77. The Hall–Kier alpha value is -4.17. The standard InChI is InChI=1S/C34H37N3O5/c38-31(39)24-14-15-25(20-24)35-32(40)34(16-18-37(19-17-34)21-23-8-2-1-3-9-23)36-33(41)42-22-30-28-12-6-4-10-26(28)27-11-5-7-13-29(27)30/h1-13,24-25,30H,14-22H2,(H,35,40)(H,36,41)(H,38,39)/t24-,25+/m0/s1. The number of ether oxygens (including phenoxy) is 1. The van der Waals surface area contributed by atoms with Crippen molar-refractivity contribution >= 4 is 18.0 Å². The summed E-state index contributed by atoms with van der Waals surface area (Å²) in [6, 6.07) is 26.3. The number of hydrogen-bond acceptors (Lipinski definition) is 5. The van der Waals surface area contributed by atoms with Crippen molar-refractivity contribution < 1.29 is 24.2 Å². The number of hydrogen-bond donors (Lipinski definition) is 3. The van der Waals surface area contributed by atoms with E-state index in [-0.39, 0.29) is 24.5 Å². The number of rotatable bonds is 8. The van der Waals surface area contributed by atoms with Crippen LogP contribution in [0, 0.1) is 5.92 Å². The molecular formula is C34H37N3O5. The van der Waals surface area contributed by atoms with Crippen LogP contribution in [-0.2, 0) is 20.9 Å². The van der Waals surface area contributed by atoms with Gasteiger partial charge >= 0.3 is 12.1 Å². The second kappa shape index (κ2) is 12.0. The predicted molar refractivity (Wildman–Crippen MR) is 159 cm³/mol. The number of carbonyl (C=O) groups excluding carboxylic acids is 2. The number of nitrogens with zero attached hydrogens (tertiary/aromatic N) is 1. The van der Waals surface area contributed by atoms with Crippen LogP contribution in [0.1, 0.15) is 54.7 Å². The van der Waals surface area contributed by atoms with E-state index in [4.69, 9.17) is 4.74 Å². The van der Waals surface area contributed by atoms with E-state index >= 15 is 0 Å². The van der Waals surface area contributed by atoms with Crippen molar-refractivity contribution in [2.75, 3.05) is 19.7 Å². The number of nitrogens with one attached hydrogen (secondary N) is 2. The molecular weight excluding hydrogens is 530 g/mol. The van der Waals surface area contributed by atoms with Gasteiger partial charge in [0.05, 0.1) is 5.92 Å². The van der Waals surface area contributed by atoms with Crippen LogP contribution in [0.3, 0.4) is 0 Å². The second-order valence-corrected chi connectivity index (χ2v) is 11.8. The van der Waals surface area contributed by atoms with Gasteiger partial charge in [0.2, 0.25) is 5.91 Å². The van der Waals surface area contributed by atoms with Gasteiger partial charge in [-0.15, -0.1) is 0 Å². The lowest BCUT2D eigenvalue weighted by molar-refractivity contribution is -0.141.